The van der Waals surface area contributed by atoms with Gasteiger partial charge in [0.05, 0.1) is 13.2 Å². The van der Waals surface area contributed by atoms with E-state index in [9.17, 15) is 9.59 Å². The van der Waals surface area contributed by atoms with E-state index in [1.165, 1.54) is 0 Å². The molecule has 0 spiro atoms. The summed E-state index contributed by atoms with van der Waals surface area (Å²) in [5, 5.41) is 1.90. The van der Waals surface area contributed by atoms with Gasteiger partial charge in [0, 0.05) is 43.0 Å². The highest BCUT2D eigenvalue weighted by atomic mass is 16.6. The molecule has 34 heavy (non-hydrogen) atoms. The van der Waals surface area contributed by atoms with Gasteiger partial charge in [-0.3, -0.25) is 9.80 Å². The standard InChI is InChI=1S/C27H36N2O5/c1-3-5-15-33-26(27(31)34-16-6-4-2)18-21-10-12-23(13-11-21)32-17-14-29-20-22-8-7-9-25(30)24(22)19-28-29/h7-8,10-13,19-20,26,28H,3-6,9,14-18H2,1-2H3. The number of unbranched alkanes of at least 4 members (excludes halogenated alkanes) is 2. The third-order valence-corrected chi connectivity index (χ3v) is 5.65. The Morgan fingerprint density at radius 1 is 1.09 bits per heavy atom. The van der Waals surface area contributed by atoms with E-state index in [-0.39, 0.29) is 11.8 Å². The fourth-order valence-corrected chi connectivity index (χ4v) is 3.60. The van der Waals surface area contributed by atoms with Gasteiger partial charge >= 0.3 is 5.97 Å². The summed E-state index contributed by atoms with van der Waals surface area (Å²) in [6.07, 6.45) is 11.6. The number of ketones is 1. The number of rotatable bonds is 14. The molecule has 0 radical (unpaired) electrons. The second-order valence-electron chi connectivity index (χ2n) is 8.43. The topological polar surface area (TPSA) is 77.1 Å². The van der Waals surface area contributed by atoms with E-state index in [2.05, 4.69) is 19.3 Å². The van der Waals surface area contributed by atoms with E-state index in [1.807, 2.05) is 47.6 Å². The van der Waals surface area contributed by atoms with Crippen molar-refractivity contribution in [2.75, 3.05) is 26.4 Å². The molecule has 1 heterocycles. The van der Waals surface area contributed by atoms with Gasteiger partial charge in [-0.1, -0.05) is 51.0 Å². The fourth-order valence-electron chi connectivity index (χ4n) is 3.60. The molecule has 0 saturated carbocycles. The van der Waals surface area contributed by atoms with Crippen LogP contribution in [0.4, 0.5) is 0 Å². The molecule has 2 aliphatic rings. The number of Topliss-reactive ketones (excluding diaryl/α,β-unsaturated/α-hetero) is 1. The summed E-state index contributed by atoms with van der Waals surface area (Å²) >= 11 is 0. The quantitative estimate of drug-likeness (QED) is 0.323. The van der Waals surface area contributed by atoms with E-state index < -0.39 is 6.10 Å². The molecule has 1 aromatic carbocycles. The maximum atomic E-state index is 12.5. The predicted octanol–water partition coefficient (Wildman–Crippen LogP) is 4.25. The summed E-state index contributed by atoms with van der Waals surface area (Å²) in [7, 11) is 0. The summed E-state index contributed by atoms with van der Waals surface area (Å²) < 4.78 is 17.1. The maximum Gasteiger partial charge on any atom is 0.335 e. The number of allylic oxidation sites excluding steroid dienone is 4. The van der Waals surface area contributed by atoms with Gasteiger partial charge in [-0.2, -0.15) is 0 Å². The number of esters is 1. The van der Waals surface area contributed by atoms with E-state index >= 15 is 0 Å². The Kier molecular flexibility index (Phi) is 10.2. The summed E-state index contributed by atoms with van der Waals surface area (Å²) in [4.78, 5) is 24.4. The molecule has 1 aromatic rings. The SMILES string of the molecule is CCCCOC(=O)C(Cc1ccc(OCCN2C=C3C=CCC(=O)C3=CN2)cc1)OCCCC. The van der Waals surface area contributed by atoms with Crippen molar-refractivity contribution < 1.29 is 23.8 Å². The van der Waals surface area contributed by atoms with Gasteiger partial charge in [-0.05, 0) is 30.5 Å². The molecule has 3 rings (SSSR count). The van der Waals surface area contributed by atoms with Gasteiger partial charge in [0.15, 0.2) is 11.9 Å². The smallest absolute Gasteiger partial charge is 0.335 e. The van der Waals surface area contributed by atoms with E-state index in [4.69, 9.17) is 14.2 Å². The van der Waals surface area contributed by atoms with Gasteiger partial charge in [0.2, 0.25) is 0 Å². The lowest BCUT2D eigenvalue weighted by molar-refractivity contribution is -0.157. The monoisotopic (exact) mass is 468 g/mol. The molecule has 1 N–H and O–H groups in total. The third kappa shape index (κ3) is 7.76. The van der Waals surface area contributed by atoms with Crippen molar-refractivity contribution >= 4 is 11.8 Å². The minimum absolute atomic E-state index is 0.129. The molecule has 0 bridgehead atoms. The molecule has 1 atom stereocenters. The highest BCUT2D eigenvalue weighted by Crippen LogP contribution is 2.22. The Hall–Kier alpha value is -3.06. The largest absolute Gasteiger partial charge is 0.492 e. The molecule has 1 unspecified atom stereocenters. The molecule has 1 aliphatic heterocycles. The molecular weight excluding hydrogens is 432 g/mol. The Balaban J connectivity index is 1.47. The molecule has 0 fully saturated rings. The normalized spacial score (nSPS) is 15.7. The van der Waals surface area contributed by atoms with Crippen LogP contribution in [0.25, 0.3) is 0 Å². The first kappa shape index (κ1) is 25.6. The zero-order valence-corrected chi connectivity index (χ0v) is 20.3. The van der Waals surface area contributed by atoms with Crippen LogP contribution in [-0.2, 0) is 25.5 Å². The van der Waals surface area contributed by atoms with Crippen molar-refractivity contribution in [3.8, 4) is 5.75 Å². The van der Waals surface area contributed by atoms with Gasteiger partial charge in [0.25, 0.3) is 0 Å². The number of nitrogens with zero attached hydrogens (tertiary/aromatic N) is 1. The van der Waals surface area contributed by atoms with Gasteiger partial charge in [-0.15, -0.1) is 0 Å². The fraction of sp³-hybridized carbons (Fsp3) is 0.481. The summed E-state index contributed by atoms with van der Waals surface area (Å²) in [6, 6.07) is 7.73. The second kappa shape index (κ2) is 13.6. The Bertz CT molecular complexity index is 904. The third-order valence-electron chi connectivity index (χ3n) is 5.65. The van der Waals surface area contributed by atoms with Crippen molar-refractivity contribution in [2.45, 2.75) is 58.5 Å². The van der Waals surface area contributed by atoms with E-state index in [1.54, 1.807) is 6.20 Å². The number of fused-ring (bicyclic) bond motifs is 1. The zero-order valence-electron chi connectivity index (χ0n) is 20.3. The van der Waals surface area contributed by atoms with Crippen molar-refractivity contribution in [1.29, 1.82) is 0 Å². The highest BCUT2D eigenvalue weighted by molar-refractivity contribution is 6.02. The first-order valence-electron chi connectivity index (χ1n) is 12.3. The number of carbonyl (C=O) groups is 2. The number of ether oxygens (including phenoxy) is 3. The van der Waals surface area contributed by atoms with Crippen LogP contribution in [0, 0.1) is 0 Å². The lowest BCUT2D eigenvalue weighted by Crippen LogP contribution is -2.37. The summed E-state index contributed by atoms with van der Waals surface area (Å²) in [6.45, 7) is 6.23. The van der Waals surface area contributed by atoms with Crippen LogP contribution in [0.2, 0.25) is 0 Å². The molecule has 0 saturated heterocycles. The Labute approximate surface area is 202 Å². The zero-order chi connectivity index (χ0) is 24.2. The summed E-state index contributed by atoms with van der Waals surface area (Å²) in [5.74, 6) is 0.593. The van der Waals surface area contributed by atoms with Crippen LogP contribution in [-0.4, -0.2) is 49.2 Å². The van der Waals surface area contributed by atoms with Gasteiger partial charge in [0.1, 0.15) is 12.4 Å². The molecule has 7 heteroatoms. The first-order chi connectivity index (χ1) is 16.6. The number of hydrogen-bond donors (Lipinski definition) is 1. The highest BCUT2D eigenvalue weighted by Gasteiger charge is 2.22. The Morgan fingerprint density at radius 2 is 1.85 bits per heavy atom. The van der Waals surface area contributed by atoms with Crippen LogP contribution < -0.4 is 10.2 Å². The number of hydrogen-bond acceptors (Lipinski definition) is 7. The van der Waals surface area contributed by atoms with Crippen molar-refractivity contribution in [2.24, 2.45) is 0 Å². The first-order valence-corrected chi connectivity index (χ1v) is 12.3. The molecule has 1 aliphatic carbocycles. The number of carbonyl (C=O) groups excluding carboxylic acids is 2. The minimum Gasteiger partial charge on any atom is -0.492 e. The maximum absolute atomic E-state index is 12.5. The van der Waals surface area contributed by atoms with Crippen LogP contribution >= 0.6 is 0 Å². The number of hydrazine groups is 1. The molecule has 0 amide bonds. The van der Waals surface area contributed by atoms with Crippen LogP contribution in [0.5, 0.6) is 5.75 Å². The average molecular weight is 469 g/mol. The average Bonchev–Trinajstić information content (AvgIpc) is 2.85. The Morgan fingerprint density at radius 3 is 2.62 bits per heavy atom. The van der Waals surface area contributed by atoms with Crippen LogP contribution in [0.3, 0.4) is 0 Å². The van der Waals surface area contributed by atoms with Crippen LogP contribution in [0.1, 0.15) is 51.5 Å². The van der Waals surface area contributed by atoms with Gasteiger partial charge < -0.3 is 19.6 Å². The number of nitrogens with one attached hydrogen (secondary N) is 1. The lowest BCUT2D eigenvalue weighted by atomic mass is 9.95. The molecular formula is C27H36N2O5. The van der Waals surface area contributed by atoms with Crippen molar-refractivity contribution in [3.05, 3.63) is 65.5 Å². The second-order valence-corrected chi connectivity index (χ2v) is 8.43. The van der Waals surface area contributed by atoms with E-state index in [0.717, 1.165) is 48.1 Å². The summed E-state index contributed by atoms with van der Waals surface area (Å²) in [5.41, 5.74) is 5.76. The van der Waals surface area contributed by atoms with Gasteiger partial charge in [-0.25, -0.2) is 4.79 Å². The van der Waals surface area contributed by atoms with Crippen molar-refractivity contribution in [1.82, 2.24) is 10.4 Å². The van der Waals surface area contributed by atoms with Crippen molar-refractivity contribution in [3.63, 3.8) is 0 Å². The molecule has 0 aromatic heterocycles. The number of benzene rings is 1. The molecule has 7 nitrogen and oxygen atoms in total. The molecule has 184 valence electrons. The van der Waals surface area contributed by atoms with Crippen LogP contribution in [0.15, 0.2) is 60.0 Å². The van der Waals surface area contributed by atoms with E-state index in [0.29, 0.717) is 39.2 Å². The lowest BCUT2D eigenvalue weighted by Gasteiger charge is -2.27. The minimum atomic E-state index is -0.591. The predicted molar refractivity (Wildman–Crippen MR) is 131 cm³/mol.